The Morgan fingerprint density at radius 1 is 1.78 bits per heavy atom. The van der Waals surface area contributed by atoms with Crippen molar-refractivity contribution in [2.24, 2.45) is 5.73 Å². The van der Waals surface area contributed by atoms with Crippen LogP contribution in [0.3, 0.4) is 0 Å². The maximum absolute atomic E-state index is 8.52. The Hall–Kier alpha value is -0.800. The molecule has 50 valence electrons. The van der Waals surface area contributed by atoms with E-state index in [4.69, 9.17) is 15.3 Å². The Morgan fingerprint density at radius 2 is 2.56 bits per heavy atom. The fraction of sp³-hybridized carbons (Fsp3) is 0.333. The Kier molecular flexibility index (Phi) is 1.87. The molecule has 0 radical (unpaired) electrons. The molecule has 3 nitrogen and oxygen atoms in total. The third kappa shape index (κ3) is 1.31. The molecule has 9 heavy (non-hydrogen) atoms. The summed E-state index contributed by atoms with van der Waals surface area (Å²) in [5, 5.41) is 8.52. The molecule has 3 N–H and O–H groups in total. The summed E-state index contributed by atoms with van der Waals surface area (Å²) in [6.07, 6.45) is 1.53. The molecule has 3 heteroatoms. The van der Waals surface area contributed by atoms with Gasteiger partial charge >= 0.3 is 0 Å². The maximum Gasteiger partial charge on any atom is 0.122 e. The molecule has 1 aromatic rings. The molecule has 0 amide bonds. The Labute approximate surface area is 53.1 Å². The lowest BCUT2D eigenvalue weighted by molar-refractivity contribution is 0.252. The summed E-state index contributed by atoms with van der Waals surface area (Å²) in [5.74, 6) is 0.623. The Bertz CT molecular complexity index is 160. The molecule has 0 aliphatic carbocycles. The van der Waals surface area contributed by atoms with Gasteiger partial charge in [0, 0.05) is 0 Å². The lowest BCUT2D eigenvalue weighted by atomic mass is 10.2. The van der Waals surface area contributed by atoms with E-state index in [1.807, 2.05) is 0 Å². The predicted octanol–water partition coefficient (Wildman–Crippen LogP) is 0.272. The van der Waals surface area contributed by atoms with Crippen molar-refractivity contribution >= 4 is 0 Å². The van der Waals surface area contributed by atoms with Crippen LogP contribution in [0.5, 0.6) is 0 Å². The van der Waals surface area contributed by atoms with Crippen molar-refractivity contribution in [1.82, 2.24) is 0 Å². The van der Waals surface area contributed by atoms with Gasteiger partial charge in [0.05, 0.1) is 18.9 Å². The quantitative estimate of drug-likeness (QED) is 0.599. The van der Waals surface area contributed by atoms with Crippen molar-refractivity contribution in [3.05, 3.63) is 24.2 Å². The topological polar surface area (TPSA) is 59.4 Å². The van der Waals surface area contributed by atoms with Crippen molar-refractivity contribution in [2.45, 2.75) is 6.04 Å². The molecular weight excluding hydrogens is 118 g/mol. The molecule has 1 aromatic heterocycles. The van der Waals surface area contributed by atoms with Gasteiger partial charge in [-0.3, -0.25) is 0 Å². The molecule has 0 aliphatic heterocycles. The van der Waals surface area contributed by atoms with Gasteiger partial charge in [0.2, 0.25) is 0 Å². The highest BCUT2D eigenvalue weighted by Crippen LogP contribution is 2.08. The first-order valence-electron chi connectivity index (χ1n) is 2.74. The fourth-order valence-corrected chi connectivity index (χ4v) is 0.592. The Morgan fingerprint density at radius 3 is 3.00 bits per heavy atom. The molecule has 0 aromatic carbocycles. The zero-order valence-corrected chi connectivity index (χ0v) is 4.95. The second-order valence-corrected chi connectivity index (χ2v) is 1.80. The molecule has 0 saturated carbocycles. The first-order valence-corrected chi connectivity index (χ1v) is 2.74. The van der Waals surface area contributed by atoms with Gasteiger partial charge in [0.15, 0.2) is 0 Å². The van der Waals surface area contributed by atoms with Crippen LogP contribution in [0.25, 0.3) is 0 Å². The van der Waals surface area contributed by atoms with Crippen molar-refractivity contribution in [1.29, 1.82) is 0 Å². The van der Waals surface area contributed by atoms with Gasteiger partial charge in [0.1, 0.15) is 5.76 Å². The summed E-state index contributed by atoms with van der Waals surface area (Å²) in [7, 11) is 0. The summed E-state index contributed by atoms with van der Waals surface area (Å²) in [5.41, 5.74) is 5.39. The highest BCUT2D eigenvalue weighted by Gasteiger charge is 2.04. The Balaban J connectivity index is 2.65. The minimum Gasteiger partial charge on any atom is -0.468 e. The third-order valence-electron chi connectivity index (χ3n) is 1.11. The van der Waals surface area contributed by atoms with Crippen LogP contribution >= 0.6 is 0 Å². The number of hydrogen-bond donors (Lipinski definition) is 2. The lowest BCUT2D eigenvalue weighted by Gasteiger charge is -2.00. The van der Waals surface area contributed by atoms with E-state index < -0.39 is 0 Å². The average Bonchev–Trinajstić information content (AvgIpc) is 2.37. The van der Waals surface area contributed by atoms with Crippen LogP contribution in [-0.4, -0.2) is 11.7 Å². The molecule has 1 unspecified atom stereocenters. The highest BCUT2D eigenvalue weighted by molar-refractivity contribution is 5.02. The minimum atomic E-state index is -0.375. The summed E-state index contributed by atoms with van der Waals surface area (Å²) in [6, 6.07) is 3.10. The van der Waals surface area contributed by atoms with E-state index in [2.05, 4.69) is 0 Å². The van der Waals surface area contributed by atoms with Gasteiger partial charge in [-0.2, -0.15) is 0 Å². The summed E-state index contributed by atoms with van der Waals surface area (Å²) in [6.45, 7) is -0.0759. The monoisotopic (exact) mass is 127 g/mol. The van der Waals surface area contributed by atoms with Gasteiger partial charge in [-0.1, -0.05) is 0 Å². The fourth-order valence-electron chi connectivity index (χ4n) is 0.592. The predicted molar refractivity (Wildman–Crippen MR) is 32.7 cm³/mol. The van der Waals surface area contributed by atoms with Crippen LogP contribution in [-0.2, 0) is 0 Å². The van der Waals surface area contributed by atoms with Crippen LogP contribution in [0.1, 0.15) is 11.8 Å². The highest BCUT2D eigenvalue weighted by atomic mass is 16.3. The van der Waals surface area contributed by atoms with E-state index in [1.165, 1.54) is 6.26 Å². The van der Waals surface area contributed by atoms with E-state index in [0.29, 0.717) is 5.76 Å². The molecular formula is C6H9NO2. The van der Waals surface area contributed by atoms with Crippen molar-refractivity contribution in [3.8, 4) is 0 Å². The SMILES string of the molecule is NC(CO)c1ccco1. The number of aliphatic hydroxyl groups excluding tert-OH is 1. The number of nitrogens with two attached hydrogens (primary N) is 1. The van der Waals surface area contributed by atoms with Crippen LogP contribution in [0.2, 0.25) is 0 Å². The van der Waals surface area contributed by atoms with Gasteiger partial charge < -0.3 is 15.3 Å². The van der Waals surface area contributed by atoms with Gasteiger partial charge in [-0.15, -0.1) is 0 Å². The first-order chi connectivity index (χ1) is 4.34. The number of furan rings is 1. The molecule has 0 bridgehead atoms. The second-order valence-electron chi connectivity index (χ2n) is 1.80. The van der Waals surface area contributed by atoms with Crippen LogP contribution in [0.15, 0.2) is 22.8 Å². The van der Waals surface area contributed by atoms with E-state index in [9.17, 15) is 0 Å². The average molecular weight is 127 g/mol. The smallest absolute Gasteiger partial charge is 0.122 e. The van der Waals surface area contributed by atoms with Crippen LogP contribution in [0, 0.1) is 0 Å². The number of rotatable bonds is 2. The normalized spacial score (nSPS) is 13.6. The number of aliphatic hydroxyl groups is 1. The molecule has 0 fully saturated rings. The van der Waals surface area contributed by atoms with Gasteiger partial charge in [-0.25, -0.2) is 0 Å². The minimum absolute atomic E-state index is 0.0759. The van der Waals surface area contributed by atoms with Crippen LogP contribution in [0.4, 0.5) is 0 Å². The van der Waals surface area contributed by atoms with Crippen LogP contribution < -0.4 is 5.73 Å². The maximum atomic E-state index is 8.52. The molecule has 1 heterocycles. The first kappa shape index (κ1) is 6.32. The molecule has 0 saturated heterocycles. The van der Waals surface area contributed by atoms with E-state index in [-0.39, 0.29) is 12.6 Å². The standard InChI is InChI=1S/C6H9NO2/c7-5(4-8)6-2-1-3-9-6/h1-3,5,8H,4,7H2. The van der Waals surface area contributed by atoms with Crippen molar-refractivity contribution in [3.63, 3.8) is 0 Å². The van der Waals surface area contributed by atoms with E-state index >= 15 is 0 Å². The summed E-state index contributed by atoms with van der Waals surface area (Å²) in [4.78, 5) is 0. The van der Waals surface area contributed by atoms with E-state index in [1.54, 1.807) is 12.1 Å². The lowest BCUT2D eigenvalue weighted by Crippen LogP contribution is -2.13. The second kappa shape index (κ2) is 2.66. The zero-order valence-electron chi connectivity index (χ0n) is 4.95. The van der Waals surface area contributed by atoms with Crippen molar-refractivity contribution < 1.29 is 9.52 Å². The van der Waals surface area contributed by atoms with E-state index in [0.717, 1.165) is 0 Å². The van der Waals surface area contributed by atoms with Crippen molar-refractivity contribution in [2.75, 3.05) is 6.61 Å². The van der Waals surface area contributed by atoms with Gasteiger partial charge in [0.25, 0.3) is 0 Å². The zero-order chi connectivity index (χ0) is 6.69. The number of hydrogen-bond acceptors (Lipinski definition) is 3. The summed E-state index contributed by atoms with van der Waals surface area (Å²) >= 11 is 0. The molecule has 0 spiro atoms. The molecule has 1 rings (SSSR count). The summed E-state index contributed by atoms with van der Waals surface area (Å²) < 4.78 is 4.90. The third-order valence-corrected chi connectivity index (χ3v) is 1.11. The largest absolute Gasteiger partial charge is 0.468 e. The molecule has 0 aliphatic rings. The van der Waals surface area contributed by atoms with Gasteiger partial charge in [-0.05, 0) is 12.1 Å². The molecule has 1 atom stereocenters.